The number of fused-ring (bicyclic) bond motifs is 1. The summed E-state index contributed by atoms with van der Waals surface area (Å²) in [5.74, 6) is 1.86. The first kappa shape index (κ1) is 6.92. The van der Waals surface area contributed by atoms with Gasteiger partial charge in [0.15, 0.2) is 0 Å². The van der Waals surface area contributed by atoms with Crippen molar-refractivity contribution >= 4 is 0 Å². The maximum Gasteiger partial charge on any atom is 0.107 e. The van der Waals surface area contributed by atoms with Gasteiger partial charge in [-0.2, -0.15) is 0 Å². The van der Waals surface area contributed by atoms with E-state index in [2.05, 4.69) is 6.07 Å². The molecule has 2 N–H and O–H groups in total. The van der Waals surface area contributed by atoms with Crippen LogP contribution in [0.4, 0.5) is 0 Å². The van der Waals surface area contributed by atoms with Crippen LogP contribution >= 0.6 is 0 Å². The molecule has 60 valence electrons. The summed E-state index contributed by atoms with van der Waals surface area (Å²) in [4.78, 5) is 0. The number of hydrogen-bond acceptors (Lipinski definition) is 2. The molecule has 1 atom stereocenters. The summed E-state index contributed by atoms with van der Waals surface area (Å²) in [6.45, 7) is 0.787. The number of hydrogen-bond donors (Lipinski definition) is 1. The number of aryl methyl sites for hydroxylation is 1. The van der Waals surface area contributed by atoms with E-state index in [4.69, 9.17) is 10.2 Å². The van der Waals surface area contributed by atoms with Gasteiger partial charge < -0.3 is 10.2 Å². The van der Waals surface area contributed by atoms with E-state index in [0.717, 1.165) is 19.4 Å². The first-order valence-electron chi connectivity index (χ1n) is 4.18. The minimum Gasteiger partial charge on any atom is -0.469 e. The van der Waals surface area contributed by atoms with Gasteiger partial charge >= 0.3 is 0 Å². The molecule has 2 nitrogen and oxygen atoms in total. The van der Waals surface area contributed by atoms with Crippen LogP contribution in [0.2, 0.25) is 0 Å². The Balaban J connectivity index is 2.18. The summed E-state index contributed by atoms with van der Waals surface area (Å²) < 4.78 is 5.31. The lowest BCUT2D eigenvalue weighted by atomic mass is 10.0. The van der Waals surface area contributed by atoms with Crippen molar-refractivity contribution < 1.29 is 4.42 Å². The van der Waals surface area contributed by atoms with Crippen molar-refractivity contribution in [3.8, 4) is 0 Å². The zero-order valence-corrected chi connectivity index (χ0v) is 6.55. The lowest BCUT2D eigenvalue weighted by Crippen LogP contribution is -2.04. The minimum absolute atomic E-state index is 0.675. The highest BCUT2D eigenvalue weighted by Crippen LogP contribution is 2.35. The van der Waals surface area contributed by atoms with Gasteiger partial charge in [-0.05, 0) is 36.9 Å². The summed E-state index contributed by atoms with van der Waals surface area (Å²) in [5, 5.41) is 0. The van der Waals surface area contributed by atoms with Crippen LogP contribution in [0.1, 0.15) is 30.1 Å². The predicted octanol–water partition coefficient (Wildman–Crippen LogP) is 1.66. The molecular formula is C9H13NO. The van der Waals surface area contributed by atoms with Crippen molar-refractivity contribution in [3.63, 3.8) is 0 Å². The predicted molar refractivity (Wildman–Crippen MR) is 43.4 cm³/mol. The summed E-state index contributed by atoms with van der Waals surface area (Å²) >= 11 is 0. The molecule has 11 heavy (non-hydrogen) atoms. The topological polar surface area (TPSA) is 39.2 Å². The normalized spacial score (nSPS) is 22.1. The monoisotopic (exact) mass is 151 g/mol. The molecule has 0 aliphatic heterocycles. The molecule has 1 aromatic rings. The van der Waals surface area contributed by atoms with Gasteiger partial charge in [0.05, 0.1) is 6.26 Å². The highest BCUT2D eigenvalue weighted by Gasteiger charge is 2.23. The minimum atomic E-state index is 0.675. The van der Waals surface area contributed by atoms with Gasteiger partial charge in [-0.15, -0.1) is 0 Å². The average Bonchev–Trinajstić information content (AvgIpc) is 2.53. The molecule has 1 aliphatic rings. The molecule has 0 saturated carbocycles. The van der Waals surface area contributed by atoms with Crippen LogP contribution in [0, 0.1) is 0 Å². The molecule has 0 aromatic carbocycles. The van der Waals surface area contributed by atoms with Gasteiger partial charge in [0.25, 0.3) is 0 Å². The van der Waals surface area contributed by atoms with E-state index in [1.165, 1.54) is 17.7 Å². The Morgan fingerprint density at radius 2 is 2.55 bits per heavy atom. The van der Waals surface area contributed by atoms with Crippen LogP contribution < -0.4 is 5.73 Å². The van der Waals surface area contributed by atoms with E-state index in [0.29, 0.717) is 5.92 Å². The maximum atomic E-state index is 5.50. The Hall–Kier alpha value is -0.760. The molecule has 1 unspecified atom stereocenters. The Morgan fingerprint density at radius 1 is 1.64 bits per heavy atom. The van der Waals surface area contributed by atoms with Gasteiger partial charge in [0, 0.05) is 6.42 Å². The molecule has 0 spiro atoms. The van der Waals surface area contributed by atoms with Crippen molar-refractivity contribution in [2.45, 2.75) is 25.2 Å². The highest BCUT2D eigenvalue weighted by atomic mass is 16.3. The lowest BCUT2D eigenvalue weighted by Gasteiger charge is -2.05. The van der Waals surface area contributed by atoms with E-state index in [-0.39, 0.29) is 0 Å². The fourth-order valence-corrected chi connectivity index (χ4v) is 1.88. The van der Waals surface area contributed by atoms with Crippen LogP contribution in [0.5, 0.6) is 0 Å². The summed E-state index contributed by atoms with van der Waals surface area (Å²) in [7, 11) is 0. The molecule has 0 fully saturated rings. The third-order valence-electron chi connectivity index (χ3n) is 2.45. The van der Waals surface area contributed by atoms with E-state index in [1.54, 1.807) is 6.26 Å². The molecule has 1 aliphatic carbocycles. The number of furan rings is 1. The van der Waals surface area contributed by atoms with Gasteiger partial charge in [-0.1, -0.05) is 0 Å². The molecule has 0 amide bonds. The molecule has 0 saturated heterocycles. The van der Waals surface area contributed by atoms with Crippen molar-refractivity contribution in [1.29, 1.82) is 0 Å². The van der Waals surface area contributed by atoms with E-state index in [1.807, 2.05) is 0 Å². The van der Waals surface area contributed by atoms with Gasteiger partial charge in [0.2, 0.25) is 0 Å². The van der Waals surface area contributed by atoms with Crippen molar-refractivity contribution in [1.82, 2.24) is 0 Å². The van der Waals surface area contributed by atoms with E-state index < -0.39 is 0 Å². The lowest BCUT2D eigenvalue weighted by molar-refractivity contribution is 0.512. The van der Waals surface area contributed by atoms with Crippen LogP contribution in [0.15, 0.2) is 16.7 Å². The molecule has 0 radical (unpaired) electrons. The molecular weight excluding hydrogens is 138 g/mol. The quantitative estimate of drug-likeness (QED) is 0.698. The second kappa shape index (κ2) is 2.70. The first-order valence-corrected chi connectivity index (χ1v) is 4.18. The smallest absolute Gasteiger partial charge is 0.107 e. The Labute approximate surface area is 66.4 Å². The number of nitrogens with two attached hydrogens (primary N) is 1. The van der Waals surface area contributed by atoms with Gasteiger partial charge in [0.1, 0.15) is 5.76 Å². The Morgan fingerprint density at radius 3 is 3.36 bits per heavy atom. The fourth-order valence-electron chi connectivity index (χ4n) is 1.88. The van der Waals surface area contributed by atoms with Crippen LogP contribution in [-0.4, -0.2) is 6.54 Å². The van der Waals surface area contributed by atoms with Crippen LogP contribution in [0.25, 0.3) is 0 Å². The average molecular weight is 151 g/mol. The molecule has 2 heteroatoms. The molecule has 2 rings (SSSR count). The van der Waals surface area contributed by atoms with Crippen molar-refractivity contribution in [3.05, 3.63) is 23.7 Å². The SMILES string of the molecule is NCCC1CCc2occc21. The summed E-state index contributed by atoms with van der Waals surface area (Å²) in [6, 6.07) is 2.09. The Bertz CT molecular complexity index is 241. The second-order valence-electron chi connectivity index (χ2n) is 3.11. The van der Waals surface area contributed by atoms with Crippen molar-refractivity contribution in [2.24, 2.45) is 5.73 Å². The summed E-state index contributed by atoms with van der Waals surface area (Å²) in [6.07, 6.45) is 5.22. The third kappa shape index (κ3) is 1.07. The zero-order valence-electron chi connectivity index (χ0n) is 6.55. The maximum absolute atomic E-state index is 5.50. The van der Waals surface area contributed by atoms with E-state index >= 15 is 0 Å². The van der Waals surface area contributed by atoms with Gasteiger partial charge in [-0.3, -0.25) is 0 Å². The fraction of sp³-hybridized carbons (Fsp3) is 0.556. The second-order valence-corrected chi connectivity index (χ2v) is 3.11. The molecule has 0 bridgehead atoms. The van der Waals surface area contributed by atoms with Crippen LogP contribution in [0.3, 0.4) is 0 Å². The first-order chi connectivity index (χ1) is 5.42. The van der Waals surface area contributed by atoms with Crippen LogP contribution in [-0.2, 0) is 6.42 Å². The van der Waals surface area contributed by atoms with Gasteiger partial charge in [-0.25, -0.2) is 0 Å². The molecule has 1 heterocycles. The van der Waals surface area contributed by atoms with E-state index in [9.17, 15) is 0 Å². The highest BCUT2D eigenvalue weighted by molar-refractivity contribution is 5.27. The standard InChI is InChI=1S/C9H13NO/c10-5-3-7-1-2-9-8(7)4-6-11-9/h4,6-7H,1-3,5,10H2. The van der Waals surface area contributed by atoms with Crippen molar-refractivity contribution in [2.75, 3.05) is 6.54 Å². The zero-order chi connectivity index (χ0) is 7.68. The summed E-state index contributed by atoms with van der Waals surface area (Å²) in [5.41, 5.74) is 6.90. The number of rotatable bonds is 2. The largest absolute Gasteiger partial charge is 0.469 e. The third-order valence-corrected chi connectivity index (χ3v) is 2.45. The molecule has 1 aromatic heterocycles. The Kier molecular flexibility index (Phi) is 1.70.